The fourth-order valence-corrected chi connectivity index (χ4v) is 1.57. The Morgan fingerprint density at radius 2 is 2.10 bits per heavy atom. The molecule has 2 rings (SSSR count). The second-order valence-electron chi connectivity index (χ2n) is 4.02. The third kappa shape index (κ3) is 2.89. The normalized spacial score (nSPS) is 10.1. The highest BCUT2D eigenvalue weighted by molar-refractivity contribution is 5.91. The summed E-state index contributed by atoms with van der Waals surface area (Å²) in [6.07, 6.45) is 1.23. The van der Waals surface area contributed by atoms with Crippen molar-refractivity contribution < 1.29 is 19.6 Å². The number of aromatic carboxylic acids is 1. The minimum Gasteiger partial charge on any atom is -0.478 e. The van der Waals surface area contributed by atoms with E-state index in [0.717, 1.165) is 11.6 Å². The predicted octanol–water partition coefficient (Wildman–Crippen LogP) is 2.79. The molecule has 0 saturated heterocycles. The molecule has 20 heavy (non-hydrogen) atoms. The predicted molar refractivity (Wildman–Crippen MR) is 69.1 cm³/mol. The smallest absolute Gasteiger partial charge is 0.339 e. The van der Waals surface area contributed by atoms with E-state index in [1.165, 1.54) is 24.4 Å². The van der Waals surface area contributed by atoms with E-state index in [0.29, 0.717) is 0 Å². The topological polar surface area (TPSA) is 103 Å². The van der Waals surface area contributed by atoms with E-state index in [9.17, 15) is 14.9 Å². The molecule has 1 heterocycles. The summed E-state index contributed by atoms with van der Waals surface area (Å²) in [6.45, 7) is 1.78. The van der Waals surface area contributed by atoms with Gasteiger partial charge in [0, 0.05) is 12.3 Å². The molecule has 0 saturated carbocycles. The third-order valence-corrected chi connectivity index (χ3v) is 2.51. The van der Waals surface area contributed by atoms with Crippen LogP contribution in [0, 0.1) is 17.0 Å². The molecule has 0 amide bonds. The quantitative estimate of drug-likeness (QED) is 0.679. The second kappa shape index (κ2) is 5.35. The maximum Gasteiger partial charge on any atom is 0.339 e. The molecule has 7 heteroatoms. The summed E-state index contributed by atoms with van der Waals surface area (Å²) in [7, 11) is 0. The van der Waals surface area contributed by atoms with E-state index in [4.69, 9.17) is 9.84 Å². The first kappa shape index (κ1) is 13.5. The van der Waals surface area contributed by atoms with Crippen LogP contribution in [0.3, 0.4) is 0 Å². The summed E-state index contributed by atoms with van der Waals surface area (Å²) in [4.78, 5) is 25.0. The maximum atomic E-state index is 11.1. The zero-order chi connectivity index (χ0) is 14.7. The van der Waals surface area contributed by atoms with Crippen molar-refractivity contribution in [3.63, 3.8) is 0 Å². The number of hydrogen-bond donors (Lipinski definition) is 1. The van der Waals surface area contributed by atoms with Crippen LogP contribution in [-0.4, -0.2) is 21.0 Å². The number of pyridine rings is 1. The number of carboxylic acids is 1. The van der Waals surface area contributed by atoms with E-state index in [1.54, 1.807) is 13.0 Å². The minimum absolute atomic E-state index is 0.0349. The summed E-state index contributed by atoms with van der Waals surface area (Å²) in [5, 5.41) is 19.7. The van der Waals surface area contributed by atoms with Gasteiger partial charge in [0.2, 0.25) is 5.88 Å². The first-order valence-electron chi connectivity index (χ1n) is 5.59. The van der Waals surface area contributed by atoms with Crippen LogP contribution in [-0.2, 0) is 0 Å². The molecule has 0 spiro atoms. The highest BCUT2D eigenvalue weighted by Gasteiger charge is 2.14. The van der Waals surface area contributed by atoms with Crippen molar-refractivity contribution in [2.75, 3.05) is 0 Å². The molecule has 0 aliphatic heterocycles. The van der Waals surface area contributed by atoms with Crippen molar-refractivity contribution in [2.45, 2.75) is 6.92 Å². The standard InChI is InChI=1S/C13H10N2O5/c1-8-2-3-10(13(16)17)11(6-8)20-12-7-9(15(18)19)4-5-14-12/h2-7H,1H3,(H,16,17). The molecule has 0 unspecified atom stereocenters. The molecule has 7 nitrogen and oxygen atoms in total. The fourth-order valence-electron chi connectivity index (χ4n) is 1.57. The highest BCUT2D eigenvalue weighted by Crippen LogP contribution is 2.27. The lowest BCUT2D eigenvalue weighted by Gasteiger charge is -2.08. The highest BCUT2D eigenvalue weighted by atomic mass is 16.6. The van der Waals surface area contributed by atoms with Gasteiger partial charge in [-0.05, 0) is 24.6 Å². The Hall–Kier alpha value is -2.96. The zero-order valence-electron chi connectivity index (χ0n) is 10.4. The molecule has 0 bridgehead atoms. The zero-order valence-corrected chi connectivity index (χ0v) is 10.4. The Morgan fingerprint density at radius 3 is 2.75 bits per heavy atom. The van der Waals surface area contributed by atoms with Crippen LogP contribution in [0.5, 0.6) is 11.6 Å². The van der Waals surface area contributed by atoms with Crippen LogP contribution >= 0.6 is 0 Å². The molecule has 0 aliphatic carbocycles. The molecule has 0 fully saturated rings. The van der Waals surface area contributed by atoms with Crippen LogP contribution in [0.4, 0.5) is 5.69 Å². The summed E-state index contributed by atoms with van der Waals surface area (Å²) in [5.41, 5.74) is 0.582. The SMILES string of the molecule is Cc1ccc(C(=O)O)c(Oc2cc([N+](=O)[O-])ccn2)c1. The van der Waals surface area contributed by atoms with Crippen LogP contribution < -0.4 is 4.74 Å². The Labute approximate surface area is 113 Å². The van der Waals surface area contributed by atoms with Crippen LogP contribution in [0.25, 0.3) is 0 Å². The van der Waals surface area contributed by atoms with Crippen LogP contribution in [0.2, 0.25) is 0 Å². The summed E-state index contributed by atoms with van der Waals surface area (Å²) >= 11 is 0. The largest absolute Gasteiger partial charge is 0.478 e. The van der Waals surface area contributed by atoms with Crippen molar-refractivity contribution in [3.05, 3.63) is 57.8 Å². The lowest BCUT2D eigenvalue weighted by Crippen LogP contribution is -2.01. The number of nitro groups is 1. The molecule has 1 aromatic heterocycles. The first-order valence-corrected chi connectivity index (χ1v) is 5.59. The van der Waals surface area contributed by atoms with E-state index >= 15 is 0 Å². The van der Waals surface area contributed by atoms with Gasteiger partial charge in [-0.25, -0.2) is 9.78 Å². The lowest BCUT2D eigenvalue weighted by atomic mass is 10.1. The van der Waals surface area contributed by atoms with Crippen molar-refractivity contribution in [3.8, 4) is 11.6 Å². The number of nitrogens with zero attached hydrogens (tertiary/aromatic N) is 2. The van der Waals surface area contributed by atoms with E-state index < -0.39 is 10.9 Å². The Morgan fingerprint density at radius 1 is 1.35 bits per heavy atom. The molecular formula is C13H10N2O5. The van der Waals surface area contributed by atoms with E-state index in [-0.39, 0.29) is 22.9 Å². The molecule has 0 aliphatic rings. The third-order valence-electron chi connectivity index (χ3n) is 2.51. The van der Waals surface area contributed by atoms with Gasteiger partial charge in [0.05, 0.1) is 11.0 Å². The van der Waals surface area contributed by atoms with Gasteiger partial charge in [0.15, 0.2) is 0 Å². The average Bonchev–Trinajstić information content (AvgIpc) is 2.38. The number of benzene rings is 1. The summed E-state index contributed by atoms with van der Waals surface area (Å²) in [6, 6.07) is 6.93. The second-order valence-corrected chi connectivity index (χ2v) is 4.02. The minimum atomic E-state index is -1.15. The first-order chi connectivity index (χ1) is 9.47. The lowest BCUT2D eigenvalue weighted by molar-refractivity contribution is -0.385. The van der Waals surface area contributed by atoms with Crippen molar-refractivity contribution in [1.29, 1.82) is 0 Å². The number of ether oxygens (including phenoxy) is 1. The molecule has 2 aromatic rings. The summed E-state index contributed by atoms with van der Waals surface area (Å²) in [5.74, 6) is -1.09. The van der Waals surface area contributed by atoms with Crippen molar-refractivity contribution in [2.24, 2.45) is 0 Å². The number of carboxylic acid groups (broad SMARTS) is 1. The summed E-state index contributed by atoms with van der Waals surface area (Å²) < 4.78 is 5.35. The van der Waals surface area contributed by atoms with Gasteiger partial charge in [0.1, 0.15) is 11.3 Å². The van der Waals surface area contributed by atoms with Crippen molar-refractivity contribution >= 4 is 11.7 Å². The van der Waals surface area contributed by atoms with Gasteiger partial charge in [0.25, 0.3) is 5.69 Å². The Bertz CT molecular complexity index is 684. The number of aryl methyl sites for hydroxylation is 1. The van der Waals surface area contributed by atoms with Crippen LogP contribution in [0.1, 0.15) is 15.9 Å². The fraction of sp³-hybridized carbons (Fsp3) is 0.0769. The Kier molecular flexibility index (Phi) is 3.60. The molecular weight excluding hydrogens is 264 g/mol. The van der Waals surface area contributed by atoms with Gasteiger partial charge in [-0.15, -0.1) is 0 Å². The molecule has 0 atom stereocenters. The number of aromatic nitrogens is 1. The van der Waals surface area contributed by atoms with Gasteiger partial charge in [-0.2, -0.15) is 0 Å². The molecule has 102 valence electrons. The molecule has 1 N–H and O–H groups in total. The van der Waals surface area contributed by atoms with Crippen molar-refractivity contribution in [1.82, 2.24) is 4.98 Å². The Balaban J connectivity index is 2.39. The average molecular weight is 274 g/mol. The monoisotopic (exact) mass is 274 g/mol. The molecule has 0 radical (unpaired) electrons. The number of rotatable bonds is 4. The van der Waals surface area contributed by atoms with Gasteiger partial charge >= 0.3 is 5.97 Å². The maximum absolute atomic E-state index is 11.1. The van der Waals surface area contributed by atoms with E-state index in [1.807, 2.05) is 0 Å². The van der Waals surface area contributed by atoms with Gasteiger partial charge in [-0.3, -0.25) is 10.1 Å². The number of carbonyl (C=O) groups is 1. The number of hydrogen-bond acceptors (Lipinski definition) is 5. The van der Waals surface area contributed by atoms with Crippen LogP contribution in [0.15, 0.2) is 36.5 Å². The van der Waals surface area contributed by atoms with Gasteiger partial charge in [-0.1, -0.05) is 6.07 Å². The van der Waals surface area contributed by atoms with E-state index in [2.05, 4.69) is 4.98 Å². The molecule has 1 aromatic carbocycles. The van der Waals surface area contributed by atoms with Gasteiger partial charge < -0.3 is 9.84 Å².